The molecule has 0 unspecified atom stereocenters. The van der Waals surface area contributed by atoms with Crippen molar-refractivity contribution in [2.75, 3.05) is 13.7 Å². The van der Waals surface area contributed by atoms with Crippen LogP contribution < -0.4 is 14.9 Å². The van der Waals surface area contributed by atoms with Gasteiger partial charge in [0.15, 0.2) is 0 Å². The van der Waals surface area contributed by atoms with Gasteiger partial charge in [0.1, 0.15) is 5.75 Å². The molecule has 0 saturated heterocycles. The molecule has 1 aromatic rings. The highest BCUT2D eigenvalue weighted by Gasteiger charge is 2.32. The minimum absolute atomic E-state index is 0.0247. The van der Waals surface area contributed by atoms with E-state index in [1.165, 1.54) is 7.11 Å². The van der Waals surface area contributed by atoms with Gasteiger partial charge in [-0.15, -0.1) is 0 Å². The first-order valence-electron chi connectivity index (χ1n) is 4.56. The fourth-order valence-electron chi connectivity index (χ4n) is 1.67. The summed E-state index contributed by atoms with van der Waals surface area (Å²) in [6.45, 7) is -4.74. The predicted octanol–water partition coefficient (Wildman–Crippen LogP) is 1.68. The van der Waals surface area contributed by atoms with Crippen LogP contribution in [0.5, 0.6) is 11.5 Å². The van der Waals surface area contributed by atoms with Crippen molar-refractivity contribution in [3.05, 3.63) is 17.7 Å². The third kappa shape index (κ3) is 1.76. The molecular weight excluding hydrogens is 208 g/mol. The van der Waals surface area contributed by atoms with Crippen molar-refractivity contribution in [1.29, 1.82) is 0 Å². The van der Waals surface area contributed by atoms with E-state index in [4.69, 9.17) is 9.47 Å². The second-order valence-electron chi connectivity index (χ2n) is 3.38. The molecule has 0 radical (unpaired) electrons. The highest BCUT2D eigenvalue weighted by molar-refractivity contribution is 6.74. The standard InChI is InChI=1S/C9H9BF3O2/c1-14-7-4-6-2-3-15-9(6)8(5-7)10(11,12)13/h4-5H,2-3H2,1H3/q-1. The summed E-state index contributed by atoms with van der Waals surface area (Å²) in [4.78, 5) is 0. The summed E-state index contributed by atoms with van der Waals surface area (Å²) in [6, 6.07) is 2.58. The largest absolute Gasteiger partial charge is 0.513 e. The number of halogens is 3. The monoisotopic (exact) mass is 217 g/mol. The highest BCUT2D eigenvalue weighted by atomic mass is 19.4. The molecule has 1 aliphatic rings. The number of ether oxygens (including phenoxy) is 2. The predicted molar refractivity (Wildman–Crippen MR) is 50.9 cm³/mol. The first-order chi connectivity index (χ1) is 7.02. The lowest BCUT2D eigenvalue weighted by Gasteiger charge is -2.19. The minimum Gasteiger partial charge on any atom is -0.497 e. The van der Waals surface area contributed by atoms with Gasteiger partial charge in [-0.05, 0) is 17.7 Å². The number of rotatable bonds is 2. The van der Waals surface area contributed by atoms with Gasteiger partial charge < -0.3 is 22.4 Å². The molecule has 0 bridgehead atoms. The Balaban J connectivity index is 2.57. The quantitative estimate of drug-likeness (QED) is 0.701. The maximum Gasteiger partial charge on any atom is 0.513 e. The Morgan fingerprint density at radius 3 is 2.67 bits per heavy atom. The zero-order chi connectivity index (χ0) is 11.1. The molecule has 1 heterocycles. The molecular formula is C9H9BF3O2-. The fourth-order valence-corrected chi connectivity index (χ4v) is 1.67. The van der Waals surface area contributed by atoms with Crippen molar-refractivity contribution in [3.63, 3.8) is 0 Å². The third-order valence-corrected chi connectivity index (χ3v) is 2.37. The number of hydrogen-bond acceptors (Lipinski definition) is 2. The van der Waals surface area contributed by atoms with E-state index >= 15 is 0 Å². The van der Waals surface area contributed by atoms with Gasteiger partial charge in [-0.2, -0.15) is 0 Å². The van der Waals surface area contributed by atoms with Crippen LogP contribution in [0.15, 0.2) is 12.1 Å². The van der Waals surface area contributed by atoms with Gasteiger partial charge in [0.25, 0.3) is 0 Å². The van der Waals surface area contributed by atoms with Crippen molar-refractivity contribution < 1.29 is 22.4 Å². The molecule has 0 fully saturated rings. The SMILES string of the molecule is COc1cc2c(c([B-](F)(F)F)c1)OCC2. The van der Waals surface area contributed by atoms with Gasteiger partial charge in [0, 0.05) is 6.42 Å². The van der Waals surface area contributed by atoms with E-state index < -0.39 is 12.4 Å². The van der Waals surface area contributed by atoms with Gasteiger partial charge in [-0.25, -0.2) is 0 Å². The Kier molecular flexibility index (Phi) is 2.29. The van der Waals surface area contributed by atoms with Gasteiger partial charge >= 0.3 is 6.98 Å². The van der Waals surface area contributed by atoms with Crippen molar-refractivity contribution >= 4 is 12.4 Å². The summed E-state index contributed by atoms with van der Waals surface area (Å²) in [6.07, 6.45) is 0.506. The van der Waals surface area contributed by atoms with Crippen LogP contribution in [0.3, 0.4) is 0 Å². The second kappa shape index (κ2) is 3.36. The van der Waals surface area contributed by atoms with Crippen LogP contribution in [0.2, 0.25) is 0 Å². The first kappa shape index (κ1) is 10.2. The van der Waals surface area contributed by atoms with Crippen LogP contribution in [0, 0.1) is 0 Å². The van der Waals surface area contributed by atoms with Crippen molar-refractivity contribution in [3.8, 4) is 11.5 Å². The molecule has 0 aromatic heterocycles. The molecule has 0 atom stereocenters. The third-order valence-electron chi connectivity index (χ3n) is 2.37. The molecule has 2 rings (SSSR count). The molecule has 2 nitrogen and oxygen atoms in total. The molecule has 0 amide bonds. The smallest absolute Gasteiger partial charge is 0.497 e. The molecule has 6 heteroatoms. The van der Waals surface area contributed by atoms with Crippen LogP contribution >= 0.6 is 0 Å². The molecule has 1 aliphatic heterocycles. The lowest BCUT2D eigenvalue weighted by Crippen LogP contribution is -2.35. The Hall–Kier alpha value is -1.33. The van der Waals surface area contributed by atoms with Crippen molar-refractivity contribution in [2.45, 2.75) is 6.42 Å². The Labute approximate surface area is 85.1 Å². The maximum absolute atomic E-state index is 12.7. The van der Waals surface area contributed by atoms with Crippen LogP contribution in [-0.4, -0.2) is 20.7 Å². The number of hydrogen-bond donors (Lipinski definition) is 0. The van der Waals surface area contributed by atoms with E-state index in [0.717, 1.165) is 6.07 Å². The van der Waals surface area contributed by atoms with Crippen LogP contribution in [0.4, 0.5) is 12.9 Å². The first-order valence-corrected chi connectivity index (χ1v) is 4.56. The van der Waals surface area contributed by atoms with Crippen LogP contribution in [-0.2, 0) is 6.42 Å². The van der Waals surface area contributed by atoms with Gasteiger partial charge in [0.05, 0.1) is 19.5 Å². The summed E-state index contributed by atoms with van der Waals surface area (Å²) in [5, 5.41) is 0. The topological polar surface area (TPSA) is 18.5 Å². The van der Waals surface area contributed by atoms with Crippen molar-refractivity contribution in [1.82, 2.24) is 0 Å². The normalized spacial score (nSPS) is 14.7. The lowest BCUT2D eigenvalue weighted by molar-refractivity contribution is 0.356. The average molecular weight is 217 g/mol. The van der Waals surface area contributed by atoms with E-state index in [1.54, 1.807) is 6.07 Å². The van der Waals surface area contributed by atoms with Crippen molar-refractivity contribution in [2.24, 2.45) is 0 Å². The summed E-state index contributed by atoms with van der Waals surface area (Å²) < 4.78 is 47.9. The zero-order valence-electron chi connectivity index (χ0n) is 8.10. The Bertz CT molecular complexity index is 390. The molecule has 0 saturated carbocycles. The van der Waals surface area contributed by atoms with E-state index in [0.29, 0.717) is 18.6 Å². The molecule has 82 valence electrons. The van der Waals surface area contributed by atoms with Crippen LogP contribution in [0.1, 0.15) is 5.56 Å². The number of fused-ring (bicyclic) bond motifs is 1. The molecule has 0 spiro atoms. The molecule has 0 aliphatic carbocycles. The second-order valence-corrected chi connectivity index (χ2v) is 3.38. The lowest BCUT2D eigenvalue weighted by atomic mass is 9.78. The van der Waals surface area contributed by atoms with Gasteiger partial charge in [-0.1, -0.05) is 5.46 Å². The molecule has 1 aromatic carbocycles. The minimum atomic E-state index is -5.05. The van der Waals surface area contributed by atoms with Gasteiger partial charge in [-0.3, -0.25) is 0 Å². The van der Waals surface area contributed by atoms with Crippen LogP contribution in [0.25, 0.3) is 0 Å². The molecule has 15 heavy (non-hydrogen) atoms. The fraction of sp³-hybridized carbons (Fsp3) is 0.333. The summed E-state index contributed by atoms with van der Waals surface area (Å²) >= 11 is 0. The number of methoxy groups -OCH3 is 1. The maximum atomic E-state index is 12.7. The van der Waals surface area contributed by atoms with E-state index in [1.807, 2.05) is 0 Å². The zero-order valence-corrected chi connectivity index (χ0v) is 8.10. The Morgan fingerprint density at radius 1 is 1.33 bits per heavy atom. The summed E-state index contributed by atoms with van der Waals surface area (Å²) in [7, 11) is 1.35. The average Bonchev–Trinajstić information content (AvgIpc) is 2.61. The van der Waals surface area contributed by atoms with Gasteiger partial charge in [0.2, 0.25) is 0 Å². The van der Waals surface area contributed by atoms with E-state index in [9.17, 15) is 12.9 Å². The summed E-state index contributed by atoms with van der Waals surface area (Å²) in [5.74, 6) is 0.205. The Morgan fingerprint density at radius 2 is 2.07 bits per heavy atom. The summed E-state index contributed by atoms with van der Waals surface area (Å²) in [5.41, 5.74) is -0.120. The highest BCUT2D eigenvalue weighted by Crippen LogP contribution is 2.30. The molecule has 0 N–H and O–H groups in total. The number of benzene rings is 1. The van der Waals surface area contributed by atoms with E-state index in [-0.39, 0.29) is 11.5 Å². The van der Waals surface area contributed by atoms with E-state index in [2.05, 4.69) is 0 Å².